The first-order valence-electron chi connectivity index (χ1n) is 14.4. The molecule has 0 saturated carbocycles. The van der Waals surface area contributed by atoms with Gasteiger partial charge in [0.2, 0.25) is 0 Å². The minimum atomic E-state index is -0.353. The fraction of sp³-hybridized carbons (Fsp3) is 0.206. The molecule has 10 heteroatoms. The lowest BCUT2D eigenvalue weighted by Gasteiger charge is -2.26. The summed E-state index contributed by atoms with van der Waals surface area (Å²) in [4.78, 5) is 43.3. The van der Waals surface area contributed by atoms with E-state index in [0.29, 0.717) is 60.1 Å². The van der Waals surface area contributed by atoms with Crippen molar-refractivity contribution in [3.63, 3.8) is 0 Å². The molecule has 0 spiro atoms. The molecule has 5 rings (SSSR count). The molecule has 0 aromatic heterocycles. The Labute approximate surface area is 260 Å². The van der Waals surface area contributed by atoms with E-state index >= 15 is 0 Å². The van der Waals surface area contributed by atoms with E-state index in [9.17, 15) is 18.8 Å². The van der Waals surface area contributed by atoms with Crippen LogP contribution in [0.4, 0.5) is 26.2 Å². The molecule has 8 nitrogen and oxygen atoms in total. The van der Waals surface area contributed by atoms with E-state index < -0.39 is 0 Å². The van der Waals surface area contributed by atoms with E-state index in [2.05, 4.69) is 20.9 Å². The summed E-state index contributed by atoms with van der Waals surface area (Å²) in [5.74, 6) is -1.03. The van der Waals surface area contributed by atoms with Crippen molar-refractivity contribution >= 4 is 46.5 Å². The highest BCUT2D eigenvalue weighted by atomic mass is 35.5. The van der Waals surface area contributed by atoms with E-state index in [0.717, 1.165) is 16.8 Å². The average Bonchev–Trinajstić information content (AvgIpc) is 3.27. The molecule has 226 valence electrons. The lowest BCUT2D eigenvalue weighted by atomic mass is 10.1. The van der Waals surface area contributed by atoms with Crippen molar-refractivity contribution in [1.29, 1.82) is 0 Å². The van der Waals surface area contributed by atoms with Gasteiger partial charge in [0.15, 0.2) is 0 Å². The number of anilines is 3. The quantitative estimate of drug-likeness (QED) is 0.216. The molecule has 4 amide bonds. The Bertz CT molecular complexity index is 1650. The van der Waals surface area contributed by atoms with Gasteiger partial charge in [-0.2, -0.15) is 0 Å². The van der Waals surface area contributed by atoms with Gasteiger partial charge in [0.05, 0.1) is 5.56 Å². The number of rotatable bonds is 7. The van der Waals surface area contributed by atoms with E-state index in [4.69, 9.17) is 11.6 Å². The summed E-state index contributed by atoms with van der Waals surface area (Å²) in [6.07, 6.45) is 0.701. The number of aryl methyl sites for hydroxylation is 1. The summed E-state index contributed by atoms with van der Waals surface area (Å²) < 4.78 is 13.4. The molecule has 4 aromatic carbocycles. The van der Waals surface area contributed by atoms with Crippen molar-refractivity contribution in [2.45, 2.75) is 19.9 Å². The van der Waals surface area contributed by atoms with Crippen molar-refractivity contribution in [2.24, 2.45) is 0 Å². The van der Waals surface area contributed by atoms with Crippen LogP contribution in [0, 0.1) is 12.7 Å². The number of halogens is 2. The molecule has 1 fully saturated rings. The molecule has 1 aliphatic rings. The average molecular weight is 614 g/mol. The minimum absolute atomic E-state index is 0.171. The second kappa shape index (κ2) is 14.1. The molecular weight excluding hydrogens is 581 g/mol. The number of nitrogens with one attached hydrogen (secondary N) is 3. The minimum Gasteiger partial charge on any atom is -0.369 e. The van der Waals surface area contributed by atoms with Gasteiger partial charge in [-0.1, -0.05) is 35.9 Å². The molecule has 0 radical (unpaired) electrons. The number of benzene rings is 4. The van der Waals surface area contributed by atoms with Gasteiger partial charge in [-0.15, -0.1) is 0 Å². The van der Waals surface area contributed by atoms with Gasteiger partial charge in [-0.25, -0.2) is 9.18 Å². The lowest BCUT2D eigenvalue weighted by molar-refractivity contribution is 0.0950. The molecule has 4 aromatic rings. The zero-order chi connectivity index (χ0) is 31.1. The summed E-state index contributed by atoms with van der Waals surface area (Å²) in [5.41, 5.74) is 4.49. The van der Waals surface area contributed by atoms with Crippen LogP contribution in [-0.4, -0.2) is 48.9 Å². The molecule has 0 aliphatic carbocycles. The van der Waals surface area contributed by atoms with Gasteiger partial charge in [-0.3, -0.25) is 9.59 Å². The number of hydrogen-bond donors (Lipinski definition) is 3. The third-order valence-corrected chi connectivity index (χ3v) is 7.62. The second-order valence-electron chi connectivity index (χ2n) is 10.6. The largest absolute Gasteiger partial charge is 0.369 e. The fourth-order valence-electron chi connectivity index (χ4n) is 5.04. The van der Waals surface area contributed by atoms with Crippen LogP contribution in [0.1, 0.15) is 38.3 Å². The van der Waals surface area contributed by atoms with E-state index in [1.54, 1.807) is 53.4 Å². The zero-order valence-corrected chi connectivity index (χ0v) is 25.0. The Morgan fingerprint density at radius 1 is 0.795 bits per heavy atom. The number of urea groups is 1. The van der Waals surface area contributed by atoms with Crippen LogP contribution in [0.25, 0.3) is 0 Å². The van der Waals surface area contributed by atoms with Crippen LogP contribution in [0.2, 0.25) is 5.02 Å². The van der Waals surface area contributed by atoms with Crippen LogP contribution in [-0.2, 0) is 6.54 Å². The third-order valence-electron chi connectivity index (χ3n) is 7.36. The summed E-state index contributed by atoms with van der Waals surface area (Å²) in [6, 6.07) is 25.2. The maximum atomic E-state index is 13.6. The van der Waals surface area contributed by atoms with Crippen molar-refractivity contribution < 1.29 is 18.8 Å². The predicted molar refractivity (Wildman–Crippen MR) is 172 cm³/mol. The topological polar surface area (TPSA) is 93.8 Å². The molecule has 3 N–H and O–H groups in total. The monoisotopic (exact) mass is 613 g/mol. The lowest BCUT2D eigenvalue weighted by Crippen LogP contribution is -2.38. The maximum Gasteiger partial charge on any atom is 0.321 e. The Balaban J connectivity index is 1.34. The summed E-state index contributed by atoms with van der Waals surface area (Å²) >= 11 is 5.96. The van der Waals surface area contributed by atoms with E-state index in [-0.39, 0.29) is 30.2 Å². The number of carbonyl (C=O) groups is 3. The van der Waals surface area contributed by atoms with Crippen LogP contribution in [0.3, 0.4) is 0 Å². The first-order chi connectivity index (χ1) is 21.2. The molecule has 0 unspecified atom stereocenters. The maximum absolute atomic E-state index is 13.6. The van der Waals surface area contributed by atoms with E-state index in [1.807, 2.05) is 37.3 Å². The Hall–Kier alpha value is -4.89. The molecule has 1 aliphatic heterocycles. The molecule has 0 atom stereocenters. The molecule has 1 heterocycles. The highest BCUT2D eigenvalue weighted by molar-refractivity contribution is 6.30. The number of hydrogen-bond acceptors (Lipinski definition) is 4. The van der Waals surface area contributed by atoms with Gasteiger partial charge < -0.3 is 25.8 Å². The molecular formula is C34H33ClFN5O3. The smallest absolute Gasteiger partial charge is 0.321 e. The van der Waals surface area contributed by atoms with E-state index in [1.165, 1.54) is 12.1 Å². The highest BCUT2D eigenvalue weighted by Crippen LogP contribution is 2.27. The van der Waals surface area contributed by atoms with Crippen LogP contribution >= 0.6 is 11.6 Å². The number of carbonyl (C=O) groups excluding carboxylic acids is 3. The molecule has 1 saturated heterocycles. The van der Waals surface area contributed by atoms with Crippen LogP contribution < -0.4 is 20.9 Å². The predicted octanol–water partition coefficient (Wildman–Crippen LogP) is 6.71. The fourth-order valence-corrected chi connectivity index (χ4v) is 5.17. The number of nitrogens with zero attached hydrogens (tertiary/aromatic N) is 2. The zero-order valence-electron chi connectivity index (χ0n) is 24.3. The third kappa shape index (κ3) is 7.93. The first kappa shape index (κ1) is 30.6. The first-order valence-corrected chi connectivity index (χ1v) is 14.7. The molecule has 0 bridgehead atoms. The summed E-state index contributed by atoms with van der Waals surface area (Å²) in [7, 11) is 0. The Morgan fingerprint density at radius 3 is 2.30 bits per heavy atom. The van der Waals surface area contributed by atoms with Crippen molar-refractivity contribution in [3.05, 3.63) is 124 Å². The van der Waals surface area contributed by atoms with Gasteiger partial charge in [0.25, 0.3) is 11.8 Å². The Kier molecular flexibility index (Phi) is 9.76. The van der Waals surface area contributed by atoms with Gasteiger partial charge in [-0.05, 0) is 91.2 Å². The second-order valence-corrected chi connectivity index (χ2v) is 11.1. The molecule has 44 heavy (non-hydrogen) atoms. The summed E-state index contributed by atoms with van der Waals surface area (Å²) in [6.45, 7) is 4.34. The number of amides is 4. The summed E-state index contributed by atoms with van der Waals surface area (Å²) in [5, 5.41) is 9.28. The SMILES string of the molecule is Cc1cccc(NC(=O)N2CCCN(c3ccc(NC(=O)c4ccc(Cl)cc4)cc3C(=O)NCc3ccc(F)cc3)CC2)c1. The van der Waals surface area contributed by atoms with Crippen LogP contribution in [0.5, 0.6) is 0 Å². The van der Waals surface area contributed by atoms with Crippen LogP contribution in [0.15, 0.2) is 91.0 Å². The van der Waals surface area contributed by atoms with Crippen molar-refractivity contribution in [2.75, 3.05) is 41.7 Å². The van der Waals surface area contributed by atoms with Crippen molar-refractivity contribution in [3.8, 4) is 0 Å². The Morgan fingerprint density at radius 2 is 1.55 bits per heavy atom. The van der Waals surface area contributed by atoms with Gasteiger partial charge >= 0.3 is 6.03 Å². The standard InChI is InChI=1S/C34H33ClFN5O3/c1-23-4-2-5-28(20-23)39-34(44)41-17-3-16-40(18-19-41)31-15-14-29(38-32(42)25-8-10-26(35)11-9-25)21-30(31)33(43)37-22-24-6-12-27(36)13-7-24/h2,4-15,20-21H,3,16-19,22H2,1H3,(H,37,43)(H,38,42)(H,39,44). The normalized spacial score (nSPS) is 13.2. The van der Waals surface area contributed by atoms with Gasteiger partial charge in [0.1, 0.15) is 5.82 Å². The van der Waals surface area contributed by atoms with Crippen molar-refractivity contribution in [1.82, 2.24) is 10.2 Å². The van der Waals surface area contributed by atoms with Gasteiger partial charge in [0, 0.05) is 60.4 Å². The highest BCUT2D eigenvalue weighted by Gasteiger charge is 2.23.